The van der Waals surface area contributed by atoms with Crippen molar-refractivity contribution in [1.82, 2.24) is 40.0 Å². The number of likely N-dealkylation sites (N-methyl/N-ethyl adjacent to an activating group) is 1. The van der Waals surface area contributed by atoms with E-state index in [1.165, 1.54) is 7.11 Å². The fourth-order valence-corrected chi connectivity index (χ4v) is 8.76. The van der Waals surface area contributed by atoms with Gasteiger partial charge in [-0.2, -0.15) is 0 Å². The number of benzene rings is 4. The van der Waals surface area contributed by atoms with Crippen molar-refractivity contribution in [2.75, 3.05) is 40.8 Å². The molecule has 6 aromatic rings. The molecular weight excluding hydrogens is 733 g/mol. The molecule has 4 aromatic carbocycles. The van der Waals surface area contributed by atoms with Crippen LogP contribution in [0.4, 0.5) is 4.79 Å². The number of carbonyl (C=O) groups is 3. The summed E-state index contributed by atoms with van der Waals surface area (Å²) < 4.78 is 10.9. The maximum atomic E-state index is 14.0. The maximum Gasteiger partial charge on any atom is 0.407 e. The molecule has 2 aromatic heterocycles. The van der Waals surface area contributed by atoms with E-state index in [-0.39, 0.29) is 36.5 Å². The number of aromatic amines is 2. The smallest absolute Gasteiger partial charge is 0.407 e. The zero-order valence-corrected chi connectivity index (χ0v) is 32.8. The molecule has 0 bridgehead atoms. The molecule has 3 aliphatic heterocycles. The molecule has 0 spiro atoms. The average molecular weight is 779 g/mol. The zero-order chi connectivity index (χ0) is 39.9. The Morgan fingerprint density at radius 1 is 0.862 bits per heavy atom. The number of H-pyrrole nitrogens is 2. The van der Waals surface area contributed by atoms with E-state index in [9.17, 15) is 14.4 Å². The Kier molecular flexibility index (Phi) is 9.90. The summed E-state index contributed by atoms with van der Waals surface area (Å²) in [4.78, 5) is 61.0. The maximum absolute atomic E-state index is 14.0. The minimum atomic E-state index is -0.635. The Labute approximate surface area is 336 Å². The van der Waals surface area contributed by atoms with Crippen molar-refractivity contribution in [2.45, 2.75) is 50.4 Å². The highest BCUT2D eigenvalue weighted by Gasteiger charge is 2.37. The second-order valence-electron chi connectivity index (χ2n) is 15.5. The van der Waals surface area contributed by atoms with Crippen LogP contribution in [0.1, 0.15) is 66.7 Å². The van der Waals surface area contributed by atoms with Gasteiger partial charge in [0, 0.05) is 30.4 Å². The van der Waals surface area contributed by atoms with Gasteiger partial charge in [-0.05, 0) is 91.5 Å². The molecule has 3 amide bonds. The van der Waals surface area contributed by atoms with Crippen LogP contribution in [-0.2, 0) is 20.9 Å². The number of alkyl carbamates (subject to hydrolysis) is 1. The molecule has 0 aliphatic carbocycles. The third-order valence-electron chi connectivity index (χ3n) is 11.6. The van der Waals surface area contributed by atoms with Crippen LogP contribution >= 0.6 is 0 Å². The number of nitrogens with one attached hydrogen (secondary N) is 3. The number of hydrogen-bond donors (Lipinski definition) is 3. The first-order valence-corrected chi connectivity index (χ1v) is 19.8. The lowest BCUT2D eigenvalue weighted by atomic mass is 9.97. The quantitative estimate of drug-likeness (QED) is 0.140. The molecule has 3 atom stereocenters. The monoisotopic (exact) mass is 778 g/mol. The summed E-state index contributed by atoms with van der Waals surface area (Å²) in [5, 5.41) is 4.69. The van der Waals surface area contributed by atoms with Gasteiger partial charge in [0.25, 0.3) is 0 Å². The lowest BCUT2D eigenvalue weighted by Crippen LogP contribution is -2.40. The van der Waals surface area contributed by atoms with Crippen molar-refractivity contribution in [2.24, 2.45) is 0 Å². The molecule has 0 unspecified atom stereocenters. The standard InChI is InChI=1S/C45H46N8O5/c1-51(2)41(27-9-5-4-6-10-27)44(55)53-20-8-11-36(53)42-46-24-34(48-42)32-16-15-28-21-29(13-14-30(28)22-32)31-17-18-33-38(23-31)58-26-35-40(33)50-43(49-35)37-12-7-19-52(37)39(54)25-47-45(56)57-3/h4-6,9-10,13-18,21-24,36-37,41H,7-8,11-12,19-20,25-26H2,1-3H3,(H,46,48)(H,47,56)(H,49,50)/t36-,37-,41+/m0/s1. The Hall–Kier alpha value is -6.47. The highest BCUT2D eigenvalue weighted by Crippen LogP contribution is 2.42. The third-order valence-corrected chi connectivity index (χ3v) is 11.6. The van der Waals surface area contributed by atoms with E-state index in [1.54, 1.807) is 4.90 Å². The molecule has 3 aliphatic rings. The molecule has 58 heavy (non-hydrogen) atoms. The number of likely N-dealkylation sites (tertiary alicyclic amines) is 2. The van der Waals surface area contributed by atoms with Gasteiger partial charge < -0.3 is 34.6 Å². The number of methoxy groups -OCH3 is 1. The average Bonchev–Trinajstić information content (AvgIpc) is 4.09. The summed E-state index contributed by atoms with van der Waals surface area (Å²) >= 11 is 0. The van der Waals surface area contributed by atoms with Crippen LogP contribution in [0.3, 0.4) is 0 Å². The molecule has 5 heterocycles. The molecule has 3 N–H and O–H groups in total. The van der Waals surface area contributed by atoms with Gasteiger partial charge in [-0.25, -0.2) is 14.8 Å². The van der Waals surface area contributed by atoms with Crippen molar-refractivity contribution < 1.29 is 23.9 Å². The van der Waals surface area contributed by atoms with E-state index in [0.29, 0.717) is 19.7 Å². The Morgan fingerprint density at radius 3 is 2.31 bits per heavy atom. The minimum absolute atomic E-state index is 0.0951. The second-order valence-corrected chi connectivity index (χ2v) is 15.5. The molecule has 13 heteroatoms. The molecule has 296 valence electrons. The van der Waals surface area contributed by atoms with Gasteiger partial charge in [0.05, 0.1) is 36.3 Å². The van der Waals surface area contributed by atoms with Gasteiger partial charge in [-0.3, -0.25) is 14.5 Å². The third kappa shape index (κ3) is 6.95. The second kappa shape index (κ2) is 15.5. The number of imidazole rings is 2. The van der Waals surface area contributed by atoms with Crippen LogP contribution in [-0.4, -0.2) is 93.4 Å². The van der Waals surface area contributed by atoms with Crippen LogP contribution in [0.2, 0.25) is 0 Å². The largest absolute Gasteiger partial charge is 0.487 e. The van der Waals surface area contributed by atoms with E-state index < -0.39 is 6.09 Å². The summed E-state index contributed by atoms with van der Waals surface area (Å²) in [5.41, 5.74) is 7.56. The molecule has 0 radical (unpaired) electrons. The number of nitrogens with zero attached hydrogens (tertiary/aromatic N) is 5. The van der Waals surface area contributed by atoms with Gasteiger partial charge in [-0.1, -0.05) is 60.7 Å². The van der Waals surface area contributed by atoms with Crippen LogP contribution in [0.5, 0.6) is 5.75 Å². The molecule has 2 saturated heterocycles. The zero-order valence-electron chi connectivity index (χ0n) is 32.8. The number of ether oxygens (including phenoxy) is 2. The summed E-state index contributed by atoms with van der Waals surface area (Å²) in [7, 11) is 5.18. The highest BCUT2D eigenvalue weighted by atomic mass is 16.5. The molecule has 13 nitrogen and oxygen atoms in total. The minimum Gasteiger partial charge on any atom is -0.487 e. The summed E-state index contributed by atoms with van der Waals surface area (Å²) in [6, 6.07) is 28.4. The van der Waals surface area contributed by atoms with Crippen LogP contribution in [0.25, 0.3) is 44.4 Å². The summed E-state index contributed by atoms with van der Waals surface area (Å²) in [6.07, 6.45) is 4.74. The molecule has 2 fully saturated rings. The van der Waals surface area contributed by atoms with Crippen molar-refractivity contribution >= 4 is 28.7 Å². The van der Waals surface area contributed by atoms with Crippen LogP contribution < -0.4 is 10.1 Å². The van der Waals surface area contributed by atoms with Crippen LogP contribution in [0, 0.1) is 0 Å². The first-order chi connectivity index (χ1) is 28.2. The first kappa shape index (κ1) is 37.1. The van der Waals surface area contributed by atoms with Crippen molar-refractivity contribution in [3.05, 3.63) is 114 Å². The molecular formula is C45H46N8O5. The SMILES string of the molecule is COC(=O)NCC(=O)N1CCC[C@H]1c1nc2c([nH]1)COc1cc(-c3ccc4cc(-c5c[nH]c([C@@H]6CCCN6C(=O)[C@@H](c6ccccc6)N(C)C)n5)ccc4c3)ccc1-2. The lowest BCUT2D eigenvalue weighted by Gasteiger charge is -2.31. The van der Waals surface area contributed by atoms with Crippen molar-refractivity contribution in [3.63, 3.8) is 0 Å². The highest BCUT2D eigenvalue weighted by molar-refractivity contribution is 5.91. The summed E-state index contributed by atoms with van der Waals surface area (Å²) in [6.45, 7) is 1.52. The van der Waals surface area contributed by atoms with Gasteiger partial charge >= 0.3 is 6.09 Å². The number of aromatic nitrogens is 4. The van der Waals surface area contributed by atoms with Gasteiger partial charge in [0.15, 0.2) is 0 Å². The predicted molar refractivity (Wildman–Crippen MR) is 220 cm³/mol. The Balaban J connectivity index is 0.906. The molecule has 9 rings (SSSR count). The van der Waals surface area contributed by atoms with Crippen molar-refractivity contribution in [3.8, 4) is 39.4 Å². The number of fused-ring (bicyclic) bond motifs is 4. The molecule has 0 saturated carbocycles. The Bertz CT molecular complexity index is 2510. The van der Waals surface area contributed by atoms with Crippen molar-refractivity contribution in [1.29, 1.82) is 0 Å². The Morgan fingerprint density at radius 2 is 1.55 bits per heavy atom. The fourth-order valence-electron chi connectivity index (χ4n) is 8.76. The normalized spacial score (nSPS) is 17.9. The first-order valence-electron chi connectivity index (χ1n) is 19.8. The number of rotatable bonds is 9. The van der Waals surface area contributed by atoms with E-state index in [2.05, 4.69) is 74.6 Å². The van der Waals surface area contributed by atoms with E-state index in [4.69, 9.17) is 14.7 Å². The van der Waals surface area contributed by atoms with E-state index in [0.717, 1.165) is 98.8 Å². The van der Waals surface area contributed by atoms with Crippen LogP contribution in [0.15, 0.2) is 91.1 Å². The number of hydrogen-bond acceptors (Lipinski definition) is 8. The van der Waals surface area contributed by atoms with Gasteiger partial charge in [-0.15, -0.1) is 0 Å². The lowest BCUT2D eigenvalue weighted by molar-refractivity contribution is -0.137. The predicted octanol–water partition coefficient (Wildman–Crippen LogP) is 7.17. The fraction of sp³-hybridized carbons (Fsp3) is 0.311. The van der Waals surface area contributed by atoms with E-state index in [1.807, 2.05) is 60.4 Å². The topological polar surface area (TPSA) is 149 Å². The number of amides is 3. The van der Waals surface area contributed by atoms with Gasteiger partial charge in [0.1, 0.15) is 36.6 Å². The van der Waals surface area contributed by atoms with Gasteiger partial charge in [0.2, 0.25) is 11.8 Å². The summed E-state index contributed by atoms with van der Waals surface area (Å²) in [5.74, 6) is 2.22. The number of carbonyl (C=O) groups excluding carboxylic acids is 3. The van der Waals surface area contributed by atoms with E-state index >= 15 is 0 Å².